The van der Waals surface area contributed by atoms with Gasteiger partial charge in [-0.05, 0) is 75.5 Å². The molecule has 0 unspecified atom stereocenters. The molecule has 0 N–H and O–H groups in total. The van der Waals surface area contributed by atoms with Gasteiger partial charge >= 0.3 is 0 Å². The first-order valence-corrected chi connectivity index (χ1v) is 16.5. The molecular weight excluding hydrogens is 581 g/mol. The van der Waals surface area contributed by atoms with E-state index in [0.717, 1.165) is 11.4 Å². The van der Waals surface area contributed by atoms with Gasteiger partial charge in [-0.1, -0.05) is 140 Å². The molecule has 0 aliphatic carbocycles. The lowest BCUT2D eigenvalue weighted by atomic mass is 10.0. The van der Waals surface area contributed by atoms with Crippen molar-refractivity contribution in [1.82, 2.24) is 9.13 Å². The molecule has 10 rings (SSSR count). The Kier molecular flexibility index (Phi) is 5.91. The standard InChI is InChI=1S/C46H30N2/c1-3-11-31(12-4-1)33-19-24-36(25-20-33)47-41-18-10-9-17-39(41)45-43(47)30-28-40-44-38-16-8-7-15-35(38)23-29-42(44)48(46(40)45)37-26-21-34(22-27-37)32-13-5-2-6-14-32/h1-30H. The molecule has 0 bridgehead atoms. The summed E-state index contributed by atoms with van der Waals surface area (Å²) >= 11 is 0. The molecule has 0 aliphatic rings. The van der Waals surface area contributed by atoms with Crippen molar-refractivity contribution in [3.63, 3.8) is 0 Å². The van der Waals surface area contributed by atoms with E-state index >= 15 is 0 Å². The Morgan fingerprint density at radius 2 is 0.771 bits per heavy atom. The first kappa shape index (κ1) is 26.8. The van der Waals surface area contributed by atoms with Crippen molar-refractivity contribution in [2.24, 2.45) is 0 Å². The van der Waals surface area contributed by atoms with Gasteiger partial charge in [-0.15, -0.1) is 0 Å². The predicted molar refractivity (Wildman–Crippen MR) is 203 cm³/mol. The summed E-state index contributed by atoms with van der Waals surface area (Å²) < 4.78 is 4.92. The van der Waals surface area contributed by atoms with E-state index in [2.05, 4.69) is 191 Å². The highest BCUT2D eigenvalue weighted by Gasteiger charge is 2.22. The second-order valence-electron chi connectivity index (χ2n) is 12.6. The quantitative estimate of drug-likeness (QED) is 0.188. The number of nitrogens with zero attached hydrogens (tertiary/aromatic N) is 2. The highest BCUT2D eigenvalue weighted by molar-refractivity contribution is 6.30. The fourth-order valence-electron chi connectivity index (χ4n) is 7.74. The zero-order valence-electron chi connectivity index (χ0n) is 26.2. The van der Waals surface area contributed by atoms with Crippen LogP contribution in [0.4, 0.5) is 0 Å². The van der Waals surface area contributed by atoms with Crippen LogP contribution in [0.1, 0.15) is 0 Å². The molecule has 10 aromatic rings. The Labute approximate surface area is 278 Å². The monoisotopic (exact) mass is 610 g/mol. The predicted octanol–water partition coefficient (Wildman–Crippen LogP) is 12.4. The molecule has 0 saturated heterocycles. The summed E-state index contributed by atoms with van der Waals surface area (Å²) in [5, 5.41) is 7.61. The van der Waals surface area contributed by atoms with Crippen LogP contribution in [-0.2, 0) is 0 Å². The number of hydrogen-bond donors (Lipinski definition) is 0. The third-order valence-corrected chi connectivity index (χ3v) is 9.92. The van der Waals surface area contributed by atoms with Gasteiger partial charge < -0.3 is 9.13 Å². The summed E-state index contributed by atoms with van der Waals surface area (Å²) in [6, 6.07) is 66.1. The van der Waals surface area contributed by atoms with E-state index < -0.39 is 0 Å². The van der Waals surface area contributed by atoms with Gasteiger partial charge in [0.25, 0.3) is 0 Å². The number of aromatic nitrogens is 2. The van der Waals surface area contributed by atoms with Crippen LogP contribution in [-0.4, -0.2) is 9.13 Å². The van der Waals surface area contributed by atoms with Crippen LogP contribution in [0.5, 0.6) is 0 Å². The number of hydrogen-bond acceptors (Lipinski definition) is 0. The summed E-state index contributed by atoms with van der Waals surface area (Å²) in [5.74, 6) is 0. The maximum Gasteiger partial charge on any atom is 0.0641 e. The van der Waals surface area contributed by atoms with Crippen LogP contribution >= 0.6 is 0 Å². The molecule has 48 heavy (non-hydrogen) atoms. The molecule has 224 valence electrons. The first-order valence-electron chi connectivity index (χ1n) is 16.5. The van der Waals surface area contributed by atoms with Crippen molar-refractivity contribution in [3.8, 4) is 33.6 Å². The van der Waals surface area contributed by atoms with E-state index in [0.29, 0.717) is 0 Å². The fourth-order valence-corrected chi connectivity index (χ4v) is 7.74. The van der Waals surface area contributed by atoms with Crippen molar-refractivity contribution in [2.75, 3.05) is 0 Å². The van der Waals surface area contributed by atoms with Crippen LogP contribution < -0.4 is 0 Å². The van der Waals surface area contributed by atoms with Gasteiger partial charge in [0, 0.05) is 32.9 Å². The van der Waals surface area contributed by atoms with Crippen molar-refractivity contribution in [1.29, 1.82) is 0 Å². The number of fused-ring (bicyclic) bond motifs is 9. The van der Waals surface area contributed by atoms with Crippen molar-refractivity contribution >= 4 is 54.4 Å². The van der Waals surface area contributed by atoms with Crippen molar-refractivity contribution in [2.45, 2.75) is 0 Å². The molecule has 0 saturated carbocycles. The van der Waals surface area contributed by atoms with Crippen LogP contribution in [0, 0.1) is 0 Å². The molecule has 0 spiro atoms. The van der Waals surface area contributed by atoms with Gasteiger partial charge in [0.05, 0.1) is 22.1 Å². The average Bonchev–Trinajstić information content (AvgIpc) is 3.69. The van der Waals surface area contributed by atoms with Gasteiger partial charge in [0.1, 0.15) is 0 Å². The Bertz CT molecular complexity index is 2780. The highest BCUT2D eigenvalue weighted by atomic mass is 15.0. The van der Waals surface area contributed by atoms with Crippen LogP contribution in [0.25, 0.3) is 88.0 Å². The Morgan fingerprint density at radius 3 is 1.44 bits per heavy atom. The Hall–Kier alpha value is -6.38. The van der Waals surface area contributed by atoms with E-state index in [-0.39, 0.29) is 0 Å². The SMILES string of the molecule is c1ccc(-c2ccc(-n3c4ccccc4c4c3ccc3c5c6ccccc6ccc5n(-c5ccc(-c6ccccc6)cc5)c34)cc2)cc1. The Balaban J connectivity index is 1.29. The van der Waals surface area contributed by atoms with Crippen LogP contribution in [0.3, 0.4) is 0 Å². The van der Waals surface area contributed by atoms with E-state index in [1.54, 1.807) is 0 Å². The minimum absolute atomic E-state index is 1.15. The maximum atomic E-state index is 2.49. The van der Waals surface area contributed by atoms with E-state index in [1.807, 2.05) is 0 Å². The molecule has 0 aliphatic heterocycles. The molecule has 2 heteroatoms. The minimum Gasteiger partial charge on any atom is -0.309 e. The normalized spacial score (nSPS) is 11.8. The third kappa shape index (κ3) is 4.00. The summed E-state index contributed by atoms with van der Waals surface area (Å²) in [4.78, 5) is 0. The minimum atomic E-state index is 1.15. The first-order chi connectivity index (χ1) is 23.8. The van der Waals surface area contributed by atoms with Crippen LogP contribution in [0.2, 0.25) is 0 Å². The second-order valence-corrected chi connectivity index (χ2v) is 12.6. The zero-order chi connectivity index (χ0) is 31.6. The van der Waals surface area contributed by atoms with Crippen molar-refractivity contribution < 1.29 is 0 Å². The van der Waals surface area contributed by atoms with Gasteiger partial charge in [-0.2, -0.15) is 0 Å². The lowest BCUT2D eigenvalue weighted by Crippen LogP contribution is -1.95. The molecule has 0 atom stereocenters. The smallest absolute Gasteiger partial charge is 0.0641 e. The van der Waals surface area contributed by atoms with Gasteiger partial charge in [-0.3, -0.25) is 0 Å². The number of benzene rings is 8. The Morgan fingerprint density at radius 1 is 0.271 bits per heavy atom. The molecule has 2 aromatic heterocycles. The molecular formula is C46H30N2. The molecule has 8 aromatic carbocycles. The third-order valence-electron chi connectivity index (χ3n) is 9.92. The molecule has 0 fully saturated rings. The molecule has 0 amide bonds. The van der Waals surface area contributed by atoms with Gasteiger partial charge in [0.2, 0.25) is 0 Å². The van der Waals surface area contributed by atoms with Gasteiger partial charge in [0.15, 0.2) is 0 Å². The molecule has 0 radical (unpaired) electrons. The second kappa shape index (κ2) is 10.6. The summed E-state index contributed by atoms with van der Waals surface area (Å²) in [5.41, 5.74) is 12.0. The van der Waals surface area contributed by atoms with Crippen LogP contribution in [0.15, 0.2) is 182 Å². The van der Waals surface area contributed by atoms with Gasteiger partial charge in [-0.25, -0.2) is 0 Å². The largest absolute Gasteiger partial charge is 0.309 e. The average molecular weight is 611 g/mol. The lowest BCUT2D eigenvalue weighted by molar-refractivity contribution is 1.17. The lowest BCUT2D eigenvalue weighted by Gasteiger charge is -2.11. The highest BCUT2D eigenvalue weighted by Crippen LogP contribution is 2.44. The summed E-state index contributed by atoms with van der Waals surface area (Å²) in [6.45, 7) is 0. The summed E-state index contributed by atoms with van der Waals surface area (Å²) in [7, 11) is 0. The van der Waals surface area contributed by atoms with E-state index in [1.165, 1.54) is 76.6 Å². The van der Waals surface area contributed by atoms with E-state index in [4.69, 9.17) is 0 Å². The number of rotatable bonds is 4. The summed E-state index contributed by atoms with van der Waals surface area (Å²) in [6.07, 6.45) is 0. The molecule has 2 heterocycles. The van der Waals surface area contributed by atoms with Crippen molar-refractivity contribution in [3.05, 3.63) is 182 Å². The molecule has 2 nitrogen and oxygen atoms in total. The fraction of sp³-hybridized carbons (Fsp3) is 0. The zero-order valence-corrected chi connectivity index (χ0v) is 26.2. The topological polar surface area (TPSA) is 9.86 Å². The maximum absolute atomic E-state index is 2.49. The number of para-hydroxylation sites is 1. The van der Waals surface area contributed by atoms with E-state index in [9.17, 15) is 0 Å².